The lowest BCUT2D eigenvalue weighted by atomic mass is 9.86. The van der Waals surface area contributed by atoms with E-state index < -0.39 is 33.2 Å². The lowest BCUT2D eigenvalue weighted by molar-refractivity contribution is -0.266. The van der Waals surface area contributed by atoms with Gasteiger partial charge in [-0.3, -0.25) is 5.32 Å². The fourth-order valence-corrected chi connectivity index (χ4v) is 14.4. The van der Waals surface area contributed by atoms with Crippen LogP contribution in [0.4, 0.5) is 0 Å². The molecule has 8 bridgehead atoms. The molecule has 0 aliphatic carbocycles. The lowest BCUT2D eigenvalue weighted by Gasteiger charge is -2.32. The number of aromatic nitrogens is 4. The second kappa shape index (κ2) is 13.1. The van der Waals surface area contributed by atoms with Crippen LogP contribution < -0.4 is 5.32 Å². The van der Waals surface area contributed by atoms with E-state index in [2.05, 4.69) is 116 Å². The predicted molar refractivity (Wildman–Crippen MR) is 280 cm³/mol. The first-order valence-corrected chi connectivity index (χ1v) is 25.2. The van der Waals surface area contributed by atoms with E-state index in [-0.39, 0.29) is 11.1 Å². The Labute approximate surface area is 415 Å². The van der Waals surface area contributed by atoms with E-state index in [1.807, 2.05) is 83.1 Å². The molecular formula is C60H63N8O3. The highest BCUT2D eigenvalue weighted by Crippen LogP contribution is 2.56. The second-order valence-corrected chi connectivity index (χ2v) is 25.6. The predicted octanol–water partition coefficient (Wildman–Crippen LogP) is 13.8. The maximum atomic E-state index is 14.1. The van der Waals surface area contributed by atoms with Crippen molar-refractivity contribution in [2.24, 2.45) is 0 Å². The SMILES string of the molecule is CC1(C)NC(C)(C)c2cc3c(cc21)-c1cc2[nH]c(cc4nc(cc5[nH]c(cc-3n1)c1cc3c(cc51)C(C)(C)N([O])C3(C)C)-c1cc3c(cc1-4)C(C)(C)N([O])C3(C)C)c1cc3c(cc21)C(C)(C)N([O])C3(C)C. The fraction of sp³-hybridized carbons (Fsp3) is 0.400. The van der Waals surface area contributed by atoms with Crippen molar-refractivity contribution >= 4 is 43.6 Å². The molecule has 0 fully saturated rings. The molecule has 6 aliphatic heterocycles. The Morgan fingerprint density at radius 1 is 0.310 bits per heavy atom. The molecule has 13 rings (SSSR count). The highest BCUT2D eigenvalue weighted by atomic mass is 16.5. The Hall–Kier alpha value is -5.76. The van der Waals surface area contributed by atoms with Crippen molar-refractivity contribution in [2.45, 2.75) is 155 Å². The summed E-state index contributed by atoms with van der Waals surface area (Å²) in [5.74, 6) is 0. The van der Waals surface area contributed by atoms with E-state index >= 15 is 0 Å². The molecule has 3 radical (unpaired) electrons. The van der Waals surface area contributed by atoms with Crippen molar-refractivity contribution in [3.05, 3.63) is 117 Å². The highest BCUT2D eigenvalue weighted by Gasteiger charge is 2.53. The van der Waals surface area contributed by atoms with Crippen LogP contribution in [0.25, 0.3) is 88.6 Å². The summed E-state index contributed by atoms with van der Waals surface area (Å²) in [5.41, 5.74) is 13.9. The Morgan fingerprint density at radius 2 is 0.521 bits per heavy atom. The minimum absolute atomic E-state index is 0.285. The standard InChI is InChI=1S/C60H63N8O3/c1-53(2)37-17-29-30(18-38(37)54(3,4)65-53)46-26-48-32-20-40-42(58(11,12)67(70)56(40,7)8)22-34(32)50(63-48)28-52-36-24-44-43(59(13,14)68(71)60(44,15)16)23-35(36)51(64-52)27-49-33-21-41-39(55(5,6)66(69)57(41,9)10)19-31(33)47(62-49)25-45(29)61-46/h17-28,62-63,65H,1-16H3. The number of rotatable bonds is 0. The second-order valence-electron chi connectivity index (χ2n) is 25.6. The number of benzene rings is 4. The molecule has 0 unspecified atom stereocenters. The van der Waals surface area contributed by atoms with E-state index in [0.717, 1.165) is 122 Å². The van der Waals surface area contributed by atoms with Crippen molar-refractivity contribution in [1.29, 1.82) is 0 Å². The molecule has 0 saturated carbocycles. The van der Waals surface area contributed by atoms with Crippen molar-refractivity contribution in [1.82, 2.24) is 40.4 Å². The summed E-state index contributed by atoms with van der Waals surface area (Å²) in [5, 5.41) is 54.0. The fourth-order valence-electron chi connectivity index (χ4n) is 14.4. The Morgan fingerprint density at radius 3 is 0.761 bits per heavy atom. The maximum Gasteiger partial charge on any atom is 0.0737 e. The third kappa shape index (κ3) is 5.52. The zero-order valence-electron chi connectivity index (χ0n) is 43.9. The summed E-state index contributed by atoms with van der Waals surface area (Å²) in [7, 11) is 0. The third-order valence-corrected chi connectivity index (χ3v) is 18.0. The van der Waals surface area contributed by atoms with Crippen molar-refractivity contribution in [2.75, 3.05) is 0 Å². The van der Waals surface area contributed by atoms with Gasteiger partial charge in [0.25, 0.3) is 0 Å². The van der Waals surface area contributed by atoms with Gasteiger partial charge >= 0.3 is 0 Å². The Balaban J connectivity index is 1.22. The van der Waals surface area contributed by atoms with Gasteiger partial charge in [0.1, 0.15) is 0 Å². The first-order chi connectivity index (χ1) is 32.9. The molecule has 0 atom stereocenters. The third-order valence-electron chi connectivity index (χ3n) is 18.0. The lowest BCUT2D eigenvalue weighted by Crippen LogP contribution is -2.41. The monoisotopic (exact) mass is 944 g/mol. The number of aromatic amines is 2. The van der Waals surface area contributed by atoms with E-state index in [4.69, 9.17) is 9.97 Å². The van der Waals surface area contributed by atoms with Gasteiger partial charge in [0, 0.05) is 76.9 Å². The smallest absolute Gasteiger partial charge is 0.0737 e. The van der Waals surface area contributed by atoms with E-state index in [9.17, 15) is 15.6 Å². The Kier molecular flexibility index (Phi) is 8.30. The number of H-pyrrole nitrogens is 2. The van der Waals surface area contributed by atoms with Crippen LogP contribution in [0.5, 0.6) is 0 Å². The molecule has 7 aromatic rings. The van der Waals surface area contributed by atoms with Gasteiger partial charge in [-0.2, -0.15) is 0 Å². The minimum Gasteiger partial charge on any atom is -0.354 e. The zero-order chi connectivity index (χ0) is 50.6. The summed E-state index contributed by atoms with van der Waals surface area (Å²) in [6, 6.07) is 26.6. The quantitative estimate of drug-likeness (QED) is 0.138. The average molecular weight is 944 g/mol. The molecule has 71 heavy (non-hydrogen) atoms. The van der Waals surface area contributed by atoms with Gasteiger partial charge in [0.15, 0.2) is 0 Å². The molecule has 11 heteroatoms. The maximum absolute atomic E-state index is 14.1. The molecule has 0 saturated heterocycles. The summed E-state index contributed by atoms with van der Waals surface area (Å²) in [6.07, 6.45) is 0. The molecule has 0 amide bonds. The normalized spacial score (nSPS) is 22.1. The topological polar surface area (TPSA) is 139 Å². The van der Waals surface area contributed by atoms with Gasteiger partial charge in [-0.25, -0.2) is 9.97 Å². The first kappa shape index (κ1) is 45.1. The summed E-state index contributed by atoms with van der Waals surface area (Å²) in [4.78, 5) is 18.9. The van der Waals surface area contributed by atoms with Crippen LogP contribution in [0.2, 0.25) is 0 Å². The summed E-state index contributed by atoms with van der Waals surface area (Å²) in [6.45, 7) is 33.1. The average Bonchev–Trinajstić information content (AvgIpc) is 4.11. The number of hydrogen-bond donors (Lipinski definition) is 3. The van der Waals surface area contributed by atoms with Crippen LogP contribution in [-0.4, -0.2) is 35.1 Å². The van der Waals surface area contributed by atoms with E-state index in [1.54, 1.807) is 0 Å². The first-order valence-electron chi connectivity index (χ1n) is 25.2. The number of hydroxylamine groups is 6. The minimum atomic E-state index is -0.781. The van der Waals surface area contributed by atoms with Gasteiger partial charge in [0.2, 0.25) is 0 Å². The molecule has 11 nitrogen and oxygen atoms in total. The molecule has 3 aromatic heterocycles. The molecule has 3 N–H and O–H groups in total. The van der Waals surface area contributed by atoms with E-state index in [0.29, 0.717) is 0 Å². The molecule has 361 valence electrons. The molecule has 6 aliphatic rings. The van der Waals surface area contributed by atoms with Gasteiger partial charge in [0.05, 0.1) is 56.0 Å². The van der Waals surface area contributed by atoms with Crippen LogP contribution >= 0.6 is 0 Å². The summed E-state index contributed by atoms with van der Waals surface area (Å²) < 4.78 is 0. The van der Waals surface area contributed by atoms with Crippen LogP contribution in [0, 0.1) is 0 Å². The number of nitrogens with zero attached hydrogens (tertiary/aromatic N) is 5. The summed E-state index contributed by atoms with van der Waals surface area (Å²) >= 11 is 0. The largest absolute Gasteiger partial charge is 0.354 e. The zero-order valence-corrected chi connectivity index (χ0v) is 43.9. The van der Waals surface area contributed by atoms with Gasteiger partial charge in [-0.15, -0.1) is 30.8 Å². The van der Waals surface area contributed by atoms with Crippen molar-refractivity contribution < 1.29 is 15.6 Å². The van der Waals surface area contributed by atoms with Gasteiger partial charge in [-0.1, -0.05) is 0 Å². The molecular weight excluding hydrogens is 881 g/mol. The Bertz CT molecular complexity index is 3580. The molecule has 0 spiro atoms. The van der Waals surface area contributed by atoms with Crippen LogP contribution in [0.3, 0.4) is 0 Å². The number of nitrogens with one attached hydrogen (secondary N) is 3. The molecule has 9 heterocycles. The van der Waals surface area contributed by atoms with Crippen molar-refractivity contribution in [3.8, 4) is 45.0 Å². The van der Waals surface area contributed by atoms with Gasteiger partial charge in [-0.05, 0) is 228 Å². The highest BCUT2D eigenvalue weighted by molar-refractivity contribution is 6.11. The van der Waals surface area contributed by atoms with Gasteiger partial charge < -0.3 is 9.97 Å². The van der Waals surface area contributed by atoms with Crippen LogP contribution in [0.1, 0.15) is 155 Å². The van der Waals surface area contributed by atoms with E-state index in [1.165, 1.54) is 26.3 Å². The van der Waals surface area contributed by atoms with Crippen LogP contribution in [0.15, 0.2) is 72.8 Å². The van der Waals surface area contributed by atoms with Crippen LogP contribution in [-0.2, 0) is 59.9 Å². The number of hydrogen-bond acceptors (Lipinski definition) is 6. The number of fused-ring (bicyclic) bond motifs is 24. The molecule has 4 aromatic carbocycles. The van der Waals surface area contributed by atoms with Crippen molar-refractivity contribution in [3.63, 3.8) is 0 Å².